The molecule has 0 aliphatic heterocycles. The highest BCUT2D eigenvalue weighted by atomic mass is 31.2. The summed E-state index contributed by atoms with van der Waals surface area (Å²) in [6.07, 6.45) is 64.9. The zero-order valence-corrected chi connectivity index (χ0v) is 71.2. The highest BCUT2D eigenvalue weighted by molar-refractivity contribution is 7.47. The average Bonchev–Trinajstić information content (AvgIpc) is 0.883. The summed E-state index contributed by atoms with van der Waals surface area (Å²) < 4.78 is 61.1. The highest BCUT2D eigenvalue weighted by Gasteiger charge is 2.33. The van der Waals surface area contributed by atoms with Gasteiger partial charge in [-0.1, -0.05) is 375 Å². The molecule has 0 aliphatic carbocycles. The van der Waals surface area contributed by atoms with Crippen LogP contribution in [0.25, 0.3) is 0 Å². The molecule has 4 amide bonds. The van der Waals surface area contributed by atoms with Gasteiger partial charge in [-0.2, -0.15) is 0 Å². The SMILES string of the molecule is CCCCCCCCCCCCCC(=O)NC(COP(=O)(O)OCCNC(=O)NCCOP(=O)(O)OCC(NC(=O)CCCCCCCCCCCCC)C(CCCCCCCCCCC)OC(=O)CCCCCCCCCCC)C(CCCCCCCCCCC)OC(=O)CCCCCCCCCCC. The van der Waals surface area contributed by atoms with Crippen molar-refractivity contribution in [2.24, 2.45) is 0 Å². The van der Waals surface area contributed by atoms with Gasteiger partial charge in [-0.3, -0.25) is 37.3 Å². The summed E-state index contributed by atoms with van der Waals surface area (Å²) in [4.78, 5) is 89.5. The van der Waals surface area contributed by atoms with E-state index < -0.39 is 72.4 Å². The number of urea groups is 1. The first-order valence-electron chi connectivity index (χ1n) is 44.8. The Bertz CT molecular complexity index is 1960. The molecular formula is C85H168N4O15P2. The average molecular weight is 1550 g/mol. The first-order chi connectivity index (χ1) is 51.6. The number of hydrogen-bond donors (Lipinski definition) is 6. The van der Waals surface area contributed by atoms with Gasteiger partial charge in [0, 0.05) is 38.8 Å². The Morgan fingerprint density at radius 1 is 0.283 bits per heavy atom. The number of rotatable bonds is 84. The Hall–Kier alpha value is -2.63. The molecule has 0 aromatic rings. The van der Waals surface area contributed by atoms with Crippen LogP contribution in [0, 0.1) is 0 Å². The maximum absolute atomic E-state index is 13.7. The molecule has 628 valence electrons. The number of ether oxygens (including phenoxy) is 2. The van der Waals surface area contributed by atoms with E-state index >= 15 is 0 Å². The Morgan fingerprint density at radius 3 is 0.726 bits per heavy atom. The van der Waals surface area contributed by atoms with E-state index in [9.17, 15) is 42.9 Å². The number of unbranched alkanes of at least 4 members (excludes halogenated alkanes) is 52. The number of carbonyl (C=O) groups excluding carboxylic acids is 5. The van der Waals surface area contributed by atoms with Crippen molar-refractivity contribution >= 4 is 45.4 Å². The minimum atomic E-state index is -4.79. The van der Waals surface area contributed by atoms with Gasteiger partial charge in [0.25, 0.3) is 0 Å². The van der Waals surface area contributed by atoms with Crippen molar-refractivity contribution in [2.75, 3.05) is 39.5 Å². The van der Waals surface area contributed by atoms with E-state index in [4.69, 9.17) is 27.6 Å². The van der Waals surface area contributed by atoms with Crippen LogP contribution in [-0.2, 0) is 55.9 Å². The quantitative estimate of drug-likeness (QED) is 0.0188. The van der Waals surface area contributed by atoms with Crippen LogP contribution in [0.1, 0.15) is 452 Å². The van der Waals surface area contributed by atoms with Gasteiger partial charge < -0.3 is 40.5 Å². The van der Waals surface area contributed by atoms with Crippen molar-refractivity contribution in [1.29, 1.82) is 0 Å². The van der Waals surface area contributed by atoms with Crippen molar-refractivity contribution in [3.8, 4) is 0 Å². The maximum atomic E-state index is 13.7. The van der Waals surface area contributed by atoms with Gasteiger partial charge in [-0.25, -0.2) is 13.9 Å². The molecule has 0 radical (unpaired) electrons. The van der Waals surface area contributed by atoms with Crippen molar-refractivity contribution in [2.45, 2.75) is 477 Å². The largest absolute Gasteiger partial charge is 0.472 e. The maximum Gasteiger partial charge on any atom is 0.472 e. The predicted octanol–water partition coefficient (Wildman–Crippen LogP) is 24.4. The lowest BCUT2D eigenvalue weighted by atomic mass is 10.0. The third-order valence-corrected chi connectivity index (χ3v) is 22.4. The Balaban J connectivity index is 6.01. The van der Waals surface area contributed by atoms with Crippen molar-refractivity contribution in [3.63, 3.8) is 0 Å². The molecule has 0 saturated heterocycles. The first kappa shape index (κ1) is 103. The lowest BCUT2D eigenvalue weighted by Gasteiger charge is -2.29. The molecule has 106 heavy (non-hydrogen) atoms. The van der Waals surface area contributed by atoms with Gasteiger partial charge in [0.1, 0.15) is 12.2 Å². The number of phosphoric acid groups is 2. The number of esters is 2. The molecule has 0 aromatic heterocycles. The van der Waals surface area contributed by atoms with Crippen LogP contribution >= 0.6 is 15.6 Å². The Labute approximate surface area is 650 Å². The molecule has 0 heterocycles. The van der Waals surface area contributed by atoms with Crippen LogP contribution in [0.4, 0.5) is 4.79 Å². The van der Waals surface area contributed by atoms with E-state index in [1.54, 1.807) is 0 Å². The third-order valence-electron chi connectivity index (χ3n) is 20.4. The van der Waals surface area contributed by atoms with Gasteiger partial charge in [-0.15, -0.1) is 0 Å². The smallest absolute Gasteiger partial charge is 0.460 e. The molecule has 6 atom stereocenters. The molecule has 0 spiro atoms. The van der Waals surface area contributed by atoms with Crippen LogP contribution in [0.2, 0.25) is 0 Å². The zero-order chi connectivity index (χ0) is 77.8. The molecular weight excluding hydrogens is 1380 g/mol. The fourth-order valence-corrected chi connectivity index (χ4v) is 15.2. The monoisotopic (exact) mass is 1550 g/mol. The summed E-state index contributed by atoms with van der Waals surface area (Å²) >= 11 is 0. The Kier molecular flexibility index (Phi) is 75.8. The number of amides is 4. The van der Waals surface area contributed by atoms with E-state index in [-0.39, 0.29) is 62.5 Å². The molecule has 0 bridgehead atoms. The van der Waals surface area contributed by atoms with E-state index in [2.05, 4.69) is 62.8 Å². The van der Waals surface area contributed by atoms with E-state index in [0.717, 1.165) is 128 Å². The minimum absolute atomic E-state index is 0.227. The highest BCUT2D eigenvalue weighted by Crippen LogP contribution is 2.44. The summed E-state index contributed by atoms with van der Waals surface area (Å²) in [6.45, 7) is 11.1. The van der Waals surface area contributed by atoms with Crippen LogP contribution in [0.5, 0.6) is 0 Å². The molecule has 0 rings (SSSR count). The van der Waals surface area contributed by atoms with Crippen LogP contribution in [0.15, 0.2) is 0 Å². The molecule has 19 nitrogen and oxygen atoms in total. The third kappa shape index (κ3) is 71.7. The standard InChI is InChI=1S/C85H168N4O15P2/c1-7-13-19-25-31-37-39-45-49-55-61-67-81(90)88-77(79(65-59-53-47-41-33-27-21-15-9-3)103-83(92)69-63-57-51-43-35-29-23-17-11-5)75-101-105(95,96)99-73-71-86-85(94)87-72-74-100-106(97,98)102-76-78(89-82(91)68-62-56-50-46-40-38-32-26-20-14-8-2)80(66-60-54-48-42-34-28-22-16-10-4)104-84(93)70-64-58-52-44-36-30-24-18-12-6/h77-80H,7-76H2,1-6H3,(H,88,90)(H,89,91)(H,95,96)(H,97,98)(H2,86,87,94). The van der Waals surface area contributed by atoms with Crippen LogP contribution in [0.3, 0.4) is 0 Å². The summed E-state index contributed by atoms with van der Waals surface area (Å²) in [5.74, 6) is -1.24. The second-order valence-corrected chi connectivity index (χ2v) is 33.7. The summed E-state index contributed by atoms with van der Waals surface area (Å²) in [7, 11) is -9.58. The summed E-state index contributed by atoms with van der Waals surface area (Å²) in [5.41, 5.74) is 0. The number of carbonyl (C=O) groups is 5. The minimum Gasteiger partial charge on any atom is -0.460 e. The number of phosphoric ester groups is 2. The van der Waals surface area contributed by atoms with Gasteiger partial charge in [0.05, 0.1) is 38.5 Å². The van der Waals surface area contributed by atoms with Crippen molar-refractivity contribution in [1.82, 2.24) is 21.3 Å². The predicted molar refractivity (Wildman–Crippen MR) is 438 cm³/mol. The summed E-state index contributed by atoms with van der Waals surface area (Å²) in [6, 6.07) is -2.58. The molecule has 0 fully saturated rings. The second-order valence-electron chi connectivity index (χ2n) is 30.7. The van der Waals surface area contributed by atoms with Crippen LogP contribution < -0.4 is 21.3 Å². The molecule has 0 saturated carbocycles. The van der Waals surface area contributed by atoms with Gasteiger partial charge in [-0.05, 0) is 51.4 Å². The molecule has 21 heteroatoms. The fraction of sp³-hybridized carbons (Fsp3) is 0.941. The molecule has 6 unspecified atom stereocenters. The van der Waals surface area contributed by atoms with Gasteiger partial charge >= 0.3 is 33.6 Å². The normalized spacial score (nSPS) is 13.9. The van der Waals surface area contributed by atoms with E-state index in [1.165, 1.54) is 218 Å². The molecule has 0 aromatic carbocycles. The van der Waals surface area contributed by atoms with Crippen molar-refractivity contribution in [3.05, 3.63) is 0 Å². The van der Waals surface area contributed by atoms with E-state index in [1.807, 2.05) is 0 Å². The van der Waals surface area contributed by atoms with Gasteiger partial charge in [0.2, 0.25) is 11.8 Å². The number of hydrogen-bond acceptors (Lipinski definition) is 13. The zero-order valence-electron chi connectivity index (χ0n) is 69.4. The topological polar surface area (TPSA) is 263 Å². The van der Waals surface area contributed by atoms with Gasteiger partial charge in [0.15, 0.2) is 0 Å². The Morgan fingerprint density at radius 2 is 0.491 bits per heavy atom. The lowest BCUT2D eigenvalue weighted by molar-refractivity contribution is -0.153. The summed E-state index contributed by atoms with van der Waals surface area (Å²) in [5, 5.41) is 11.1. The molecule has 6 N–H and O–H groups in total. The number of nitrogens with one attached hydrogen (secondary N) is 4. The fourth-order valence-electron chi connectivity index (χ4n) is 13.7. The van der Waals surface area contributed by atoms with Crippen LogP contribution in [-0.4, -0.2) is 103 Å². The van der Waals surface area contributed by atoms with Crippen molar-refractivity contribution < 1.29 is 70.5 Å². The first-order valence-corrected chi connectivity index (χ1v) is 47.8. The lowest BCUT2D eigenvalue weighted by Crippen LogP contribution is -2.48. The molecule has 0 aliphatic rings. The second kappa shape index (κ2) is 77.7. The van der Waals surface area contributed by atoms with E-state index in [0.29, 0.717) is 38.5 Å².